The number of amides is 1. The SMILES string of the molecule is Cl.Cl.O=C(c1ccc(Br)cn1)N1C2CCNCC1CC2. The van der Waals surface area contributed by atoms with Crippen LogP contribution in [-0.2, 0) is 0 Å². The molecule has 0 aromatic carbocycles. The van der Waals surface area contributed by atoms with Gasteiger partial charge in [0.05, 0.1) is 0 Å². The van der Waals surface area contributed by atoms with Crippen molar-refractivity contribution in [2.75, 3.05) is 13.1 Å². The molecular weight excluding hydrogens is 365 g/mol. The van der Waals surface area contributed by atoms with Crippen LogP contribution in [0.5, 0.6) is 0 Å². The van der Waals surface area contributed by atoms with E-state index in [4.69, 9.17) is 0 Å². The van der Waals surface area contributed by atoms with Gasteiger partial charge in [0.25, 0.3) is 5.91 Å². The van der Waals surface area contributed by atoms with E-state index in [9.17, 15) is 4.79 Å². The average molecular weight is 383 g/mol. The lowest BCUT2D eigenvalue weighted by atomic mass is 10.1. The van der Waals surface area contributed by atoms with Gasteiger partial charge in [-0.05, 0) is 53.9 Å². The van der Waals surface area contributed by atoms with Crippen molar-refractivity contribution in [3.05, 3.63) is 28.5 Å². The van der Waals surface area contributed by atoms with E-state index in [0.717, 1.165) is 36.8 Å². The van der Waals surface area contributed by atoms with Gasteiger partial charge in [0, 0.05) is 29.3 Å². The average Bonchev–Trinajstić information content (AvgIpc) is 2.63. The van der Waals surface area contributed by atoms with Crippen molar-refractivity contribution in [2.45, 2.75) is 31.3 Å². The second-order valence-electron chi connectivity index (χ2n) is 4.95. The molecule has 3 heterocycles. The molecule has 2 atom stereocenters. The number of hydrogen-bond donors (Lipinski definition) is 1. The van der Waals surface area contributed by atoms with Crippen LogP contribution in [-0.4, -0.2) is 41.0 Å². The number of nitrogens with zero attached hydrogens (tertiary/aromatic N) is 2. The third kappa shape index (κ3) is 3.45. The first-order valence-corrected chi connectivity index (χ1v) is 7.20. The molecule has 2 aliphatic heterocycles. The lowest BCUT2D eigenvalue weighted by molar-refractivity contribution is 0.0674. The van der Waals surface area contributed by atoms with Gasteiger partial charge in [-0.25, -0.2) is 4.98 Å². The van der Waals surface area contributed by atoms with Gasteiger partial charge in [-0.2, -0.15) is 0 Å². The zero-order chi connectivity index (χ0) is 12.5. The van der Waals surface area contributed by atoms with Crippen molar-refractivity contribution in [2.24, 2.45) is 0 Å². The van der Waals surface area contributed by atoms with E-state index in [1.54, 1.807) is 12.3 Å². The van der Waals surface area contributed by atoms with E-state index in [1.807, 2.05) is 6.07 Å². The van der Waals surface area contributed by atoms with Crippen molar-refractivity contribution in [1.29, 1.82) is 0 Å². The first-order chi connectivity index (χ1) is 8.75. The van der Waals surface area contributed by atoms with Crippen LogP contribution in [0.4, 0.5) is 0 Å². The molecular formula is C13H18BrCl2N3O. The van der Waals surface area contributed by atoms with Crippen molar-refractivity contribution < 1.29 is 4.79 Å². The van der Waals surface area contributed by atoms with Crippen LogP contribution in [0.25, 0.3) is 0 Å². The summed E-state index contributed by atoms with van der Waals surface area (Å²) in [6.45, 7) is 1.93. The van der Waals surface area contributed by atoms with Gasteiger partial charge in [0.15, 0.2) is 0 Å². The molecule has 0 aliphatic carbocycles. The number of fused-ring (bicyclic) bond motifs is 2. The number of carbonyl (C=O) groups is 1. The van der Waals surface area contributed by atoms with E-state index >= 15 is 0 Å². The van der Waals surface area contributed by atoms with E-state index in [-0.39, 0.29) is 30.7 Å². The first kappa shape index (κ1) is 17.7. The number of hydrogen-bond acceptors (Lipinski definition) is 3. The lowest BCUT2D eigenvalue weighted by Gasteiger charge is -2.27. The van der Waals surface area contributed by atoms with E-state index in [1.165, 1.54) is 0 Å². The highest BCUT2D eigenvalue weighted by Crippen LogP contribution is 2.29. The van der Waals surface area contributed by atoms with Crippen LogP contribution in [0, 0.1) is 0 Å². The number of nitrogens with one attached hydrogen (secondary N) is 1. The van der Waals surface area contributed by atoms with Crippen LogP contribution in [0.15, 0.2) is 22.8 Å². The van der Waals surface area contributed by atoms with E-state index < -0.39 is 0 Å². The number of aromatic nitrogens is 1. The molecule has 2 fully saturated rings. The monoisotopic (exact) mass is 381 g/mol. The maximum atomic E-state index is 12.5. The molecule has 0 radical (unpaired) electrons. The third-order valence-corrected chi connectivity index (χ3v) is 4.30. The Kier molecular flexibility index (Phi) is 6.72. The Morgan fingerprint density at radius 1 is 1.25 bits per heavy atom. The van der Waals surface area contributed by atoms with Gasteiger partial charge < -0.3 is 10.2 Å². The molecule has 0 saturated carbocycles. The topological polar surface area (TPSA) is 45.2 Å². The minimum atomic E-state index is 0. The summed E-state index contributed by atoms with van der Waals surface area (Å²) in [7, 11) is 0. The summed E-state index contributed by atoms with van der Waals surface area (Å²) in [5.41, 5.74) is 0.553. The van der Waals surface area contributed by atoms with Crippen LogP contribution in [0.2, 0.25) is 0 Å². The molecule has 1 aromatic rings. The Morgan fingerprint density at radius 2 is 2.00 bits per heavy atom. The van der Waals surface area contributed by atoms with Crippen molar-refractivity contribution in [3.63, 3.8) is 0 Å². The molecule has 7 heteroatoms. The minimum absolute atomic E-state index is 0. The molecule has 1 aromatic heterocycles. The standard InChI is InChI=1S/C13H16BrN3O.2ClH/c14-9-1-4-12(16-7-9)13(18)17-10-2-3-11(17)8-15-6-5-10;;/h1,4,7,10-11,15H,2-3,5-6,8H2;2*1H. The fourth-order valence-corrected chi connectivity index (χ4v) is 3.18. The van der Waals surface area contributed by atoms with Gasteiger partial charge in [-0.3, -0.25) is 4.79 Å². The highest BCUT2D eigenvalue weighted by Gasteiger charge is 2.38. The van der Waals surface area contributed by atoms with Crippen molar-refractivity contribution in [3.8, 4) is 0 Å². The van der Waals surface area contributed by atoms with Crippen LogP contribution in [0.1, 0.15) is 29.8 Å². The molecule has 1 amide bonds. The van der Waals surface area contributed by atoms with Gasteiger partial charge in [-0.1, -0.05) is 0 Å². The smallest absolute Gasteiger partial charge is 0.272 e. The third-order valence-electron chi connectivity index (χ3n) is 3.84. The summed E-state index contributed by atoms with van der Waals surface area (Å²) in [5, 5.41) is 3.40. The molecule has 3 rings (SSSR count). The molecule has 2 saturated heterocycles. The molecule has 2 bridgehead atoms. The Morgan fingerprint density at radius 3 is 2.70 bits per heavy atom. The van der Waals surface area contributed by atoms with Crippen molar-refractivity contribution >= 4 is 46.7 Å². The van der Waals surface area contributed by atoms with Crippen LogP contribution in [0.3, 0.4) is 0 Å². The number of rotatable bonds is 1. The summed E-state index contributed by atoms with van der Waals surface area (Å²) in [5.74, 6) is 0.0821. The quantitative estimate of drug-likeness (QED) is 0.811. The maximum absolute atomic E-state index is 12.5. The Bertz CT molecular complexity index is 443. The lowest BCUT2D eigenvalue weighted by Crippen LogP contribution is -2.42. The number of pyridine rings is 1. The minimum Gasteiger partial charge on any atom is -0.330 e. The molecule has 2 unspecified atom stereocenters. The largest absolute Gasteiger partial charge is 0.330 e. The van der Waals surface area contributed by atoms with Crippen molar-refractivity contribution in [1.82, 2.24) is 15.2 Å². The Balaban J connectivity index is 0.000001000. The predicted molar refractivity (Wildman–Crippen MR) is 86.9 cm³/mol. The fraction of sp³-hybridized carbons (Fsp3) is 0.538. The number of halogens is 3. The molecule has 0 spiro atoms. The van der Waals surface area contributed by atoms with E-state index in [0.29, 0.717) is 17.8 Å². The summed E-state index contributed by atoms with van der Waals surface area (Å²) in [6, 6.07) is 4.40. The summed E-state index contributed by atoms with van der Waals surface area (Å²) < 4.78 is 0.902. The summed E-state index contributed by atoms with van der Waals surface area (Å²) >= 11 is 3.34. The molecule has 2 aliphatic rings. The second-order valence-corrected chi connectivity index (χ2v) is 5.87. The number of carbonyl (C=O) groups excluding carboxylic acids is 1. The molecule has 4 nitrogen and oxygen atoms in total. The maximum Gasteiger partial charge on any atom is 0.272 e. The van der Waals surface area contributed by atoms with Crippen LogP contribution >= 0.6 is 40.7 Å². The van der Waals surface area contributed by atoms with E-state index in [2.05, 4.69) is 31.1 Å². The van der Waals surface area contributed by atoms with Crippen LogP contribution < -0.4 is 5.32 Å². The Labute approximate surface area is 139 Å². The molecule has 112 valence electrons. The van der Waals surface area contributed by atoms with Gasteiger partial charge >= 0.3 is 0 Å². The summed E-state index contributed by atoms with van der Waals surface area (Å²) in [6.07, 6.45) is 4.98. The zero-order valence-electron chi connectivity index (χ0n) is 10.9. The molecule has 1 N–H and O–H groups in total. The van der Waals surface area contributed by atoms with Gasteiger partial charge in [0.1, 0.15) is 5.69 Å². The van der Waals surface area contributed by atoms with Gasteiger partial charge in [0.2, 0.25) is 0 Å². The fourth-order valence-electron chi connectivity index (χ4n) is 2.95. The first-order valence-electron chi connectivity index (χ1n) is 6.40. The predicted octanol–water partition coefficient (Wildman–Crippen LogP) is 2.65. The molecule has 20 heavy (non-hydrogen) atoms. The second kappa shape index (κ2) is 7.59. The highest BCUT2D eigenvalue weighted by atomic mass is 79.9. The highest BCUT2D eigenvalue weighted by molar-refractivity contribution is 9.10. The zero-order valence-corrected chi connectivity index (χ0v) is 14.1. The summed E-state index contributed by atoms with van der Waals surface area (Å²) in [4.78, 5) is 18.8. The Hall–Kier alpha value is -0.360. The van der Waals surface area contributed by atoms with Gasteiger partial charge in [-0.15, -0.1) is 24.8 Å². The normalized spacial score (nSPS) is 24.4.